The molecule has 0 spiro atoms. The Balaban J connectivity index is 2.37. The summed E-state index contributed by atoms with van der Waals surface area (Å²) in [4.78, 5) is 1.28. The molecule has 0 amide bonds. The van der Waals surface area contributed by atoms with Crippen molar-refractivity contribution in [1.29, 1.82) is 0 Å². The van der Waals surface area contributed by atoms with E-state index in [1.165, 1.54) is 10.5 Å². The molecular weight excluding hydrogens is 218 g/mol. The Morgan fingerprint density at radius 2 is 1.94 bits per heavy atom. The molecule has 0 saturated heterocycles. The van der Waals surface area contributed by atoms with E-state index in [1.807, 2.05) is 13.8 Å². The summed E-state index contributed by atoms with van der Waals surface area (Å²) in [6.45, 7) is 5.30. The molecule has 0 aromatic heterocycles. The number of thioether (sulfide) groups is 1. The first kappa shape index (κ1) is 13.6. The van der Waals surface area contributed by atoms with E-state index < -0.39 is 5.60 Å². The van der Waals surface area contributed by atoms with Gasteiger partial charge in [-0.1, -0.05) is 19.1 Å². The monoisotopic (exact) mass is 239 g/mol. The lowest BCUT2D eigenvalue weighted by Crippen LogP contribution is -2.36. The Hall–Kier alpha value is -0.510. The highest BCUT2D eigenvalue weighted by Crippen LogP contribution is 2.14. The van der Waals surface area contributed by atoms with Gasteiger partial charge in [0, 0.05) is 18.0 Å². The van der Waals surface area contributed by atoms with Gasteiger partial charge >= 0.3 is 0 Å². The smallest absolute Gasteiger partial charge is 0.0741 e. The Bertz CT molecular complexity index is 308. The summed E-state index contributed by atoms with van der Waals surface area (Å²) in [5.74, 6) is 0. The van der Waals surface area contributed by atoms with Gasteiger partial charge < -0.3 is 10.4 Å². The predicted molar refractivity (Wildman–Crippen MR) is 70.8 cm³/mol. The maximum absolute atomic E-state index is 9.82. The first-order chi connectivity index (χ1) is 7.57. The van der Waals surface area contributed by atoms with E-state index in [1.54, 1.807) is 11.8 Å². The van der Waals surface area contributed by atoms with Gasteiger partial charge in [-0.25, -0.2) is 0 Å². The normalized spacial score (nSPS) is 14.8. The Labute approximate surface area is 102 Å². The number of hydrogen-bond acceptors (Lipinski definition) is 3. The van der Waals surface area contributed by atoms with Gasteiger partial charge in [-0.2, -0.15) is 0 Å². The van der Waals surface area contributed by atoms with Crippen LogP contribution in [-0.2, 0) is 6.54 Å². The van der Waals surface area contributed by atoms with Crippen molar-refractivity contribution < 1.29 is 5.11 Å². The van der Waals surface area contributed by atoms with Crippen molar-refractivity contribution >= 4 is 11.8 Å². The zero-order valence-corrected chi connectivity index (χ0v) is 11.1. The number of benzene rings is 1. The van der Waals surface area contributed by atoms with E-state index in [4.69, 9.17) is 0 Å². The van der Waals surface area contributed by atoms with Crippen LogP contribution in [0.5, 0.6) is 0 Å². The predicted octanol–water partition coefficient (Wildman–Crippen LogP) is 2.66. The fourth-order valence-corrected chi connectivity index (χ4v) is 1.75. The molecule has 0 saturated carbocycles. The third-order valence-corrected chi connectivity index (χ3v) is 3.50. The van der Waals surface area contributed by atoms with Crippen LogP contribution in [0, 0.1) is 0 Å². The molecule has 1 aromatic carbocycles. The lowest BCUT2D eigenvalue weighted by molar-refractivity contribution is 0.0555. The van der Waals surface area contributed by atoms with Crippen LogP contribution in [0.4, 0.5) is 0 Å². The molecule has 0 fully saturated rings. The molecule has 2 N–H and O–H groups in total. The van der Waals surface area contributed by atoms with Crippen LogP contribution in [0.3, 0.4) is 0 Å². The van der Waals surface area contributed by atoms with E-state index in [0.29, 0.717) is 6.54 Å². The summed E-state index contributed by atoms with van der Waals surface area (Å²) in [6.07, 6.45) is 2.84. The van der Waals surface area contributed by atoms with Crippen LogP contribution < -0.4 is 5.32 Å². The van der Waals surface area contributed by atoms with Crippen LogP contribution in [-0.4, -0.2) is 23.5 Å². The highest BCUT2D eigenvalue weighted by molar-refractivity contribution is 7.98. The summed E-state index contributed by atoms with van der Waals surface area (Å²) in [5, 5.41) is 13.1. The summed E-state index contributed by atoms with van der Waals surface area (Å²) < 4.78 is 0. The van der Waals surface area contributed by atoms with Crippen LogP contribution in [0.25, 0.3) is 0 Å². The number of nitrogens with one attached hydrogen (secondary N) is 1. The van der Waals surface area contributed by atoms with Crippen LogP contribution >= 0.6 is 11.8 Å². The van der Waals surface area contributed by atoms with Gasteiger partial charge in [0.1, 0.15) is 0 Å². The second-order valence-electron chi connectivity index (χ2n) is 4.30. The third-order valence-electron chi connectivity index (χ3n) is 2.76. The van der Waals surface area contributed by atoms with Gasteiger partial charge in [0.2, 0.25) is 0 Å². The second-order valence-corrected chi connectivity index (χ2v) is 5.18. The minimum atomic E-state index is -0.598. The molecule has 0 aliphatic heterocycles. The maximum Gasteiger partial charge on any atom is 0.0741 e. The van der Waals surface area contributed by atoms with Crippen LogP contribution in [0.1, 0.15) is 25.8 Å². The van der Waals surface area contributed by atoms with E-state index in [-0.39, 0.29) is 0 Å². The zero-order valence-electron chi connectivity index (χ0n) is 10.3. The van der Waals surface area contributed by atoms with Crippen molar-refractivity contribution in [3.05, 3.63) is 29.8 Å². The molecular formula is C13H21NOS. The molecule has 0 unspecified atom stereocenters. The Morgan fingerprint density at radius 1 is 1.31 bits per heavy atom. The molecule has 0 bridgehead atoms. The molecule has 90 valence electrons. The average molecular weight is 239 g/mol. The van der Waals surface area contributed by atoms with E-state index >= 15 is 0 Å². The lowest BCUT2D eigenvalue weighted by atomic mass is 10.0. The third kappa shape index (κ3) is 4.56. The molecule has 2 nitrogen and oxygen atoms in total. The minimum absolute atomic E-state index is 0.598. The Kier molecular flexibility index (Phi) is 5.32. The highest BCUT2D eigenvalue weighted by atomic mass is 32.2. The maximum atomic E-state index is 9.82. The van der Waals surface area contributed by atoms with Gasteiger partial charge in [-0.3, -0.25) is 0 Å². The van der Waals surface area contributed by atoms with Gasteiger partial charge in [0.25, 0.3) is 0 Å². The Morgan fingerprint density at radius 3 is 2.44 bits per heavy atom. The van der Waals surface area contributed by atoms with Crippen LogP contribution in [0.15, 0.2) is 29.2 Å². The van der Waals surface area contributed by atoms with Crippen molar-refractivity contribution in [3.8, 4) is 0 Å². The van der Waals surface area contributed by atoms with E-state index in [0.717, 1.165) is 13.0 Å². The van der Waals surface area contributed by atoms with E-state index in [9.17, 15) is 5.11 Å². The molecule has 1 atom stereocenters. The quantitative estimate of drug-likeness (QED) is 0.749. The standard InChI is InChI=1S/C13H21NOS/c1-4-13(2,15)10-14-9-11-5-7-12(16-3)8-6-11/h5-8,14-15H,4,9-10H2,1-3H3/t13-/m1/s1. The number of rotatable bonds is 6. The minimum Gasteiger partial charge on any atom is -0.389 e. The molecule has 1 aromatic rings. The van der Waals surface area contributed by atoms with Gasteiger partial charge in [0.15, 0.2) is 0 Å². The zero-order chi connectivity index (χ0) is 12.0. The van der Waals surface area contributed by atoms with Gasteiger partial charge in [-0.15, -0.1) is 11.8 Å². The second kappa shape index (κ2) is 6.28. The van der Waals surface area contributed by atoms with Gasteiger partial charge in [0.05, 0.1) is 5.60 Å². The molecule has 0 radical (unpaired) electrons. The number of hydrogen-bond donors (Lipinski definition) is 2. The fraction of sp³-hybridized carbons (Fsp3) is 0.538. The average Bonchev–Trinajstić information content (AvgIpc) is 2.30. The van der Waals surface area contributed by atoms with Crippen molar-refractivity contribution in [2.75, 3.05) is 12.8 Å². The first-order valence-corrected chi connectivity index (χ1v) is 6.86. The van der Waals surface area contributed by atoms with Gasteiger partial charge in [-0.05, 0) is 37.3 Å². The lowest BCUT2D eigenvalue weighted by Gasteiger charge is -2.21. The molecule has 3 heteroatoms. The van der Waals surface area contributed by atoms with Crippen molar-refractivity contribution in [2.24, 2.45) is 0 Å². The summed E-state index contributed by atoms with van der Waals surface area (Å²) in [7, 11) is 0. The summed E-state index contributed by atoms with van der Waals surface area (Å²) >= 11 is 1.75. The molecule has 1 rings (SSSR count). The number of aliphatic hydroxyl groups is 1. The molecule has 0 aliphatic rings. The topological polar surface area (TPSA) is 32.3 Å². The fourth-order valence-electron chi connectivity index (χ4n) is 1.34. The summed E-state index contributed by atoms with van der Waals surface area (Å²) in [6, 6.07) is 8.50. The van der Waals surface area contributed by atoms with Crippen molar-refractivity contribution in [2.45, 2.75) is 37.3 Å². The highest BCUT2D eigenvalue weighted by Gasteiger charge is 2.15. The molecule has 16 heavy (non-hydrogen) atoms. The SMILES string of the molecule is CC[C@@](C)(O)CNCc1ccc(SC)cc1. The van der Waals surface area contributed by atoms with Crippen molar-refractivity contribution in [1.82, 2.24) is 5.32 Å². The summed E-state index contributed by atoms with van der Waals surface area (Å²) in [5.41, 5.74) is 0.656. The van der Waals surface area contributed by atoms with E-state index in [2.05, 4.69) is 35.8 Å². The molecule has 0 heterocycles. The van der Waals surface area contributed by atoms with Crippen LogP contribution in [0.2, 0.25) is 0 Å². The van der Waals surface area contributed by atoms with Crippen molar-refractivity contribution in [3.63, 3.8) is 0 Å². The largest absolute Gasteiger partial charge is 0.389 e. The first-order valence-electron chi connectivity index (χ1n) is 5.63. The molecule has 0 aliphatic carbocycles.